The highest BCUT2D eigenvalue weighted by atomic mass is 19.1. The van der Waals surface area contributed by atoms with Crippen molar-refractivity contribution in [2.45, 2.75) is 19.4 Å². The molecule has 0 atom stereocenters. The number of halogens is 1. The number of hydrogen-bond acceptors (Lipinski definition) is 4. The van der Waals surface area contributed by atoms with Gasteiger partial charge >= 0.3 is 0 Å². The Balaban J connectivity index is 1.99. The summed E-state index contributed by atoms with van der Waals surface area (Å²) in [7, 11) is 0. The van der Waals surface area contributed by atoms with Crippen LogP contribution in [0.1, 0.15) is 24.2 Å². The average molecular weight is 295 g/mol. The molecule has 1 aliphatic heterocycles. The van der Waals surface area contributed by atoms with Crippen LogP contribution in [0.2, 0.25) is 0 Å². The predicted molar refractivity (Wildman–Crippen MR) is 79.5 cm³/mol. The quantitative estimate of drug-likeness (QED) is 0.814. The molecule has 2 rings (SSSR count). The van der Waals surface area contributed by atoms with E-state index in [2.05, 4.69) is 4.90 Å². The first-order valence-electron chi connectivity index (χ1n) is 7.06. The zero-order valence-electron chi connectivity index (χ0n) is 12.5. The first kappa shape index (κ1) is 15.7. The summed E-state index contributed by atoms with van der Waals surface area (Å²) in [6.45, 7) is 6.55. The minimum Gasteiger partial charge on any atom is -0.396 e. The molecule has 1 aliphatic rings. The van der Waals surface area contributed by atoms with E-state index in [0.29, 0.717) is 32.7 Å². The smallest absolute Gasteiger partial charge is 0.256 e. The standard InChI is InChI=1S/C15H22FN3O2/c1-15(2,21)10-18-6-8-19(9-7-18)14(20)11-4-3-5-12(16)13(11)17/h3-5,21H,6-10,17H2,1-2H3. The van der Waals surface area contributed by atoms with Gasteiger partial charge in [-0.15, -0.1) is 0 Å². The molecule has 1 aromatic carbocycles. The van der Waals surface area contributed by atoms with Gasteiger partial charge in [0.15, 0.2) is 0 Å². The Hall–Kier alpha value is -1.66. The van der Waals surface area contributed by atoms with E-state index in [1.807, 2.05) is 0 Å². The molecule has 116 valence electrons. The van der Waals surface area contributed by atoms with Gasteiger partial charge in [0, 0.05) is 32.7 Å². The van der Waals surface area contributed by atoms with E-state index in [-0.39, 0.29) is 17.2 Å². The van der Waals surface area contributed by atoms with Gasteiger partial charge < -0.3 is 15.7 Å². The molecule has 1 heterocycles. The van der Waals surface area contributed by atoms with Gasteiger partial charge in [-0.2, -0.15) is 0 Å². The number of β-amino-alcohol motifs (C(OH)–C–C–N with tert-alkyl or cyclic N) is 1. The SMILES string of the molecule is CC(C)(O)CN1CCN(C(=O)c2cccc(F)c2N)CC1. The van der Waals surface area contributed by atoms with Crippen molar-refractivity contribution in [3.63, 3.8) is 0 Å². The van der Waals surface area contributed by atoms with Crippen LogP contribution in [0.15, 0.2) is 18.2 Å². The van der Waals surface area contributed by atoms with Crippen LogP contribution < -0.4 is 5.73 Å². The van der Waals surface area contributed by atoms with Crippen molar-refractivity contribution in [3.05, 3.63) is 29.6 Å². The summed E-state index contributed by atoms with van der Waals surface area (Å²) >= 11 is 0. The van der Waals surface area contributed by atoms with Crippen molar-refractivity contribution in [3.8, 4) is 0 Å². The molecule has 0 aromatic heterocycles. The molecule has 1 aromatic rings. The number of nitrogens with two attached hydrogens (primary N) is 1. The van der Waals surface area contributed by atoms with Gasteiger partial charge in [-0.3, -0.25) is 9.69 Å². The number of carbonyl (C=O) groups is 1. The number of anilines is 1. The van der Waals surface area contributed by atoms with Gasteiger partial charge in [0.25, 0.3) is 5.91 Å². The molecule has 3 N–H and O–H groups in total. The first-order valence-corrected chi connectivity index (χ1v) is 7.06. The molecule has 0 unspecified atom stereocenters. The van der Waals surface area contributed by atoms with Crippen molar-refractivity contribution < 1.29 is 14.3 Å². The second-order valence-electron chi connectivity index (χ2n) is 6.08. The number of rotatable bonds is 3. The summed E-state index contributed by atoms with van der Waals surface area (Å²) < 4.78 is 13.4. The molecule has 21 heavy (non-hydrogen) atoms. The highest BCUT2D eigenvalue weighted by Crippen LogP contribution is 2.19. The van der Waals surface area contributed by atoms with Gasteiger partial charge in [0.05, 0.1) is 16.9 Å². The van der Waals surface area contributed by atoms with Crippen molar-refractivity contribution in [2.24, 2.45) is 0 Å². The zero-order chi connectivity index (χ0) is 15.6. The molecule has 5 nitrogen and oxygen atoms in total. The monoisotopic (exact) mass is 295 g/mol. The highest BCUT2D eigenvalue weighted by Gasteiger charge is 2.26. The van der Waals surface area contributed by atoms with Crippen molar-refractivity contribution in [1.82, 2.24) is 9.80 Å². The minimum atomic E-state index is -0.751. The Morgan fingerprint density at radius 2 is 1.95 bits per heavy atom. The number of nitrogen functional groups attached to an aromatic ring is 1. The lowest BCUT2D eigenvalue weighted by atomic mass is 10.1. The molecular formula is C15H22FN3O2. The fourth-order valence-corrected chi connectivity index (χ4v) is 2.55. The van der Waals surface area contributed by atoms with E-state index in [9.17, 15) is 14.3 Å². The van der Waals surface area contributed by atoms with Crippen LogP contribution in [0.5, 0.6) is 0 Å². The lowest BCUT2D eigenvalue weighted by molar-refractivity contribution is 0.0179. The van der Waals surface area contributed by atoms with Crippen LogP contribution in [0.3, 0.4) is 0 Å². The largest absolute Gasteiger partial charge is 0.396 e. The normalized spacial score (nSPS) is 17.0. The molecule has 1 saturated heterocycles. The van der Waals surface area contributed by atoms with E-state index in [0.717, 1.165) is 0 Å². The summed E-state index contributed by atoms with van der Waals surface area (Å²) in [4.78, 5) is 16.2. The molecule has 0 radical (unpaired) electrons. The molecule has 1 amide bonds. The minimum absolute atomic E-state index is 0.0959. The van der Waals surface area contributed by atoms with Gasteiger partial charge in [-0.05, 0) is 26.0 Å². The molecule has 0 bridgehead atoms. The second kappa shape index (κ2) is 5.99. The number of benzene rings is 1. The van der Waals surface area contributed by atoms with E-state index in [1.165, 1.54) is 12.1 Å². The van der Waals surface area contributed by atoms with Gasteiger partial charge in [-0.25, -0.2) is 4.39 Å². The third-order valence-electron chi connectivity index (χ3n) is 3.55. The Morgan fingerprint density at radius 3 is 2.52 bits per heavy atom. The van der Waals surface area contributed by atoms with Crippen LogP contribution in [0, 0.1) is 5.82 Å². The first-order chi connectivity index (χ1) is 9.78. The molecule has 0 aliphatic carbocycles. The summed E-state index contributed by atoms with van der Waals surface area (Å²) in [6.07, 6.45) is 0. The zero-order valence-corrected chi connectivity index (χ0v) is 12.5. The summed E-state index contributed by atoms with van der Waals surface area (Å²) in [5.74, 6) is -0.809. The molecule has 1 fully saturated rings. The lowest BCUT2D eigenvalue weighted by Crippen LogP contribution is -2.52. The predicted octanol–water partition coefficient (Wildman–Crippen LogP) is 0.937. The van der Waals surface area contributed by atoms with Gasteiger partial charge in [0.1, 0.15) is 5.82 Å². The molecule has 0 saturated carbocycles. The fraction of sp³-hybridized carbons (Fsp3) is 0.533. The highest BCUT2D eigenvalue weighted by molar-refractivity contribution is 5.99. The number of carbonyl (C=O) groups excluding carboxylic acids is 1. The summed E-state index contributed by atoms with van der Waals surface area (Å²) in [5.41, 5.74) is 5.00. The van der Waals surface area contributed by atoms with Crippen molar-refractivity contribution in [1.29, 1.82) is 0 Å². The number of piperazine rings is 1. The fourth-order valence-electron chi connectivity index (χ4n) is 2.55. The Kier molecular flexibility index (Phi) is 4.49. The van der Waals surface area contributed by atoms with E-state index in [1.54, 1.807) is 24.8 Å². The molecule has 6 heteroatoms. The Bertz CT molecular complexity index is 520. The summed E-state index contributed by atoms with van der Waals surface area (Å²) in [6, 6.07) is 4.28. The third kappa shape index (κ3) is 3.92. The lowest BCUT2D eigenvalue weighted by Gasteiger charge is -2.37. The third-order valence-corrected chi connectivity index (χ3v) is 3.55. The van der Waals surface area contributed by atoms with Crippen LogP contribution in [-0.2, 0) is 0 Å². The number of nitrogens with zero attached hydrogens (tertiary/aromatic N) is 2. The van der Waals surface area contributed by atoms with E-state index < -0.39 is 11.4 Å². The Labute approximate surface area is 124 Å². The topological polar surface area (TPSA) is 69.8 Å². The average Bonchev–Trinajstić information content (AvgIpc) is 2.40. The van der Waals surface area contributed by atoms with Crippen LogP contribution in [0.25, 0.3) is 0 Å². The van der Waals surface area contributed by atoms with Crippen LogP contribution in [0.4, 0.5) is 10.1 Å². The van der Waals surface area contributed by atoms with E-state index in [4.69, 9.17) is 5.73 Å². The van der Waals surface area contributed by atoms with Gasteiger partial charge in [0.2, 0.25) is 0 Å². The number of aliphatic hydroxyl groups is 1. The van der Waals surface area contributed by atoms with E-state index >= 15 is 0 Å². The second-order valence-corrected chi connectivity index (χ2v) is 6.08. The maximum Gasteiger partial charge on any atom is 0.256 e. The summed E-state index contributed by atoms with van der Waals surface area (Å²) in [5, 5.41) is 9.81. The number of amides is 1. The van der Waals surface area contributed by atoms with Crippen LogP contribution in [-0.4, -0.2) is 59.1 Å². The molecular weight excluding hydrogens is 273 g/mol. The number of para-hydroxylation sites is 1. The maximum absolute atomic E-state index is 13.4. The van der Waals surface area contributed by atoms with Gasteiger partial charge in [-0.1, -0.05) is 6.07 Å². The number of hydrogen-bond donors (Lipinski definition) is 2. The maximum atomic E-state index is 13.4. The Morgan fingerprint density at radius 1 is 1.33 bits per heavy atom. The van der Waals surface area contributed by atoms with Crippen molar-refractivity contribution >= 4 is 11.6 Å². The van der Waals surface area contributed by atoms with Crippen molar-refractivity contribution in [2.75, 3.05) is 38.5 Å². The van der Waals surface area contributed by atoms with Crippen LogP contribution >= 0.6 is 0 Å². The molecule has 0 spiro atoms.